The van der Waals surface area contributed by atoms with E-state index in [4.69, 9.17) is 4.74 Å². The van der Waals surface area contributed by atoms with Gasteiger partial charge in [-0.2, -0.15) is 0 Å². The molecule has 1 aliphatic heterocycles. The monoisotopic (exact) mass is 492 g/mol. The van der Waals surface area contributed by atoms with Gasteiger partial charge in [0.2, 0.25) is 0 Å². The van der Waals surface area contributed by atoms with E-state index < -0.39 is 22.9 Å². The van der Waals surface area contributed by atoms with Crippen LogP contribution >= 0.6 is 0 Å². The minimum Gasteiger partial charge on any atom is -0.507 e. The second-order valence-electron chi connectivity index (χ2n) is 10.2. The highest BCUT2D eigenvalue weighted by molar-refractivity contribution is 6.02. The fourth-order valence-electron chi connectivity index (χ4n) is 4.17. The SMILES string of the molecule is CC(C)=CCCC(C)=CCc1c(O)cc(O)c(C(=O)CCc2cc(O)c3c(c2)C=CC(C)(C)O3)c1O. The molecule has 0 bridgehead atoms. The number of phenols is 4. The van der Waals surface area contributed by atoms with Crippen LogP contribution in [-0.2, 0) is 12.8 Å². The molecule has 0 aromatic heterocycles. The van der Waals surface area contributed by atoms with Gasteiger partial charge in [0, 0.05) is 23.6 Å². The Kier molecular flexibility index (Phi) is 8.18. The number of hydrogen-bond donors (Lipinski definition) is 4. The molecule has 1 heterocycles. The number of ether oxygens (including phenoxy) is 1. The van der Waals surface area contributed by atoms with E-state index in [1.165, 1.54) is 5.57 Å². The van der Waals surface area contributed by atoms with E-state index in [1.807, 2.05) is 58.9 Å². The van der Waals surface area contributed by atoms with Crippen LogP contribution < -0.4 is 4.74 Å². The van der Waals surface area contributed by atoms with Gasteiger partial charge >= 0.3 is 0 Å². The maximum Gasteiger partial charge on any atom is 0.170 e. The minimum absolute atomic E-state index is 0.00278. The van der Waals surface area contributed by atoms with Crippen LogP contribution in [0.3, 0.4) is 0 Å². The van der Waals surface area contributed by atoms with Gasteiger partial charge in [-0.25, -0.2) is 0 Å². The summed E-state index contributed by atoms with van der Waals surface area (Å²) in [6.45, 7) is 9.86. The molecule has 6 heteroatoms. The average Bonchev–Trinajstić information content (AvgIpc) is 2.77. The van der Waals surface area contributed by atoms with Crippen molar-refractivity contribution in [1.29, 1.82) is 0 Å². The maximum atomic E-state index is 13.0. The number of carbonyl (C=O) groups excluding carboxylic acids is 1. The van der Waals surface area contributed by atoms with Gasteiger partial charge in [0.1, 0.15) is 28.4 Å². The Labute approximate surface area is 212 Å². The Morgan fingerprint density at radius 1 is 0.944 bits per heavy atom. The number of allylic oxidation sites excluding steroid dienone is 4. The molecule has 0 unspecified atom stereocenters. The van der Waals surface area contributed by atoms with Crippen molar-refractivity contribution in [1.82, 2.24) is 0 Å². The molecule has 2 aromatic rings. The lowest BCUT2D eigenvalue weighted by molar-refractivity contribution is 0.0977. The molecule has 0 spiro atoms. The predicted molar refractivity (Wildman–Crippen MR) is 142 cm³/mol. The molecular formula is C30H36O6. The summed E-state index contributed by atoms with van der Waals surface area (Å²) in [6.07, 6.45) is 10.1. The van der Waals surface area contributed by atoms with Crippen LogP contribution in [0, 0.1) is 0 Å². The molecule has 1 aliphatic rings. The number of Topliss-reactive ketones (excluding diaryl/α,β-unsaturated/α-hetero) is 1. The van der Waals surface area contributed by atoms with Gasteiger partial charge in [-0.1, -0.05) is 29.4 Å². The van der Waals surface area contributed by atoms with Crippen molar-refractivity contribution < 1.29 is 30.0 Å². The molecule has 36 heavy (non-hydrogen) atoms. The van der Waals surface area contributed by atoms with Gasteiger partial charge in [0.25, 0.3) is 0 Å². The lowest BCUT2D eigenvalue weighted by atomic mass is 9.95. The zero-order valence-corrected chi connectivity index (χ0v) is 21.7. The van der Waals surface area contributed by atoms with E-state index in [2.05, 4.69) is 6.08 Å². The summed E-state index contributed by atoms with van der Waals surface area (Å²) in [6, 6.07) is 4.51. The number of rotatable bonds is 9. The molecule has 0 fully saturated rings. The molecule has 0 saturated carbocycles. The Balaban J connectivity index is 1.76. The first-order chi connectivity index (χ1) is 16.9. The lowest BCUT2D eigenvalue weighted by Gasteiger charge is -2.28. The van der Waals surface area contributed by atoms with E-state index in [1.54, 1.807) is 6.07 Å². The van der Waals surface area contributed by atoms with E-state index >= 15 is 0 Å². The smallest absolute Gasteiger partial charge is 0.170 e. The third-order valence-corrected chi connectivity index (χ3v) is 6.21. The van der Waals surface area contributed by atoms with Crippen molar-refractivity contribution in [3.05, 3.63) is 69.8 Å². The quantitative estimate of drug-likeness (QED) is 0.228. The third-order valence-electron chi connectivity index (χ3n) is 6.21. The van der Waals surface area contributed by atoms with Crippen LogP contribution in [0.1, 0.15) is 80.9 Å². The number of fused-ring (bicyclic) bond motifs is 1. The zero-order chi connectivity index (χ0) is 26.6. The molecule has 0 aliphatic carbocycles. The number of carbonyl (C=O) groups is 1. The van der Waals surface area contributed by atoms with Crippen LogP contribution in [0.25, 0.3) is 6.08 Å². The number of aromatic hydroxyl groups is 4. The number of hydrogen-bond acceptors (Lipinski definition) is 6. The summed E-state index contributed by atoms with van der Waals surface area (Å²) in [5.74, 6) is -1.19. The maximum absolute atomic E-state index is 13.0. The van der Waals surface area contributed by atoms with Crippen molar-refractivity contribution in [3.63, 3.8) is 0 Å². The summed E-state index contributed by atoms with van der Waals surface area (Å²) in [4.78, 5) is 13.0. The second kappa shape index (κ2) is 10.9. The summed E-state index contributed by atoms with van der Waals surface area (Å²) in [7, 11) is 0. The van der Waals surface area contributed by atoms with Gasteiger partial charge in [-0.15, -0.1) is 0 Å². The first-order valence-corrected chi connectivity index (χ1v) is 12.2. The molecular weight excluding hydrogens is 456 g/mol. The molecule has 4 N–H and O–H groups in total. The highest BCUT2D eigenvalue weighted by Crippen LogP contribution is 2.41. The third kappa shape index (κ3) is 6.51. The molecule has 0 radical (unpaired) electrons. The first kappa shape index (κ1) is 26.9. The summed E-state index contributed by atoms with van der Waals surface area (Å²) < 4.78 is 5.83. The molecule has 0 atom stereocenters. The van der Waals surface area contributed by atoms with Gasteiger partial charge in [0.05, 0.1) is 0 Å². The van der Waals surface area contributed by atoms with Crippen molar-refractivity contribution in [2.24, 2.45) is 0 Å². The summed E-state index contributed by atoms with van der Waals surface area (Å²) in [5, 5.41) is 41.9. The molecule has 0 amide bonds. The lowest BCUT2D eigenvalue weighted by Crippen LogP contribution is -2.27. The summed E-state index contributed by atoms with van der Waals surface area (Å²) in [5.41, 5.74) is 3.27. The van der Waals surface area contributed by atoms with Gasteiger partial charge in [-0.3, -0.25) is 4.79 Å². The standard InChI is InChI=1S/C30H36O6/c1-18(2)7-6-8-19(3)9-11-22-24(32)17-25(33)27(28(22)35)23(31)12-10-20-15-21-13-14-30(4,5)36-29(21)26(34)16-20/h7,9,13-17,32-35H,6,8,10-12H2,1-5H3. The number of ketones is 1. The van der Waals surface area contributed by atoms with Gasteiger partial charge in [0.15, 0.2) is 17.3 Å². The van der Waals surface area contributed by atoms with Gasteiger partial charge in [-0.05, 0) is 84.1 Å². The molecule has 0 saturated heterocycles. The fraction of sp³-hybridized carbons (Fsp3) is 0.367. The zero-order valence-electron chi connectivity index (χ0n) is 21.7. The van der Waals surface area contributed by atoms with E-state index in [-0.39, 0.29) is 41.9 Å². The van der Waals surface area contributed by atoms with Crippen LogP contribution in [0.5, 0.6) is 28.7 Å². The largest absolute Gasteiger partial charge is 0.507 e. The van der Waals surface area contributed by atoms with Crippen LogP contribution in [0.15, 0.2) is 47.6 Å². The predicted octanol–water partition coefficient (Wildman–Crippen LogP) is 6.74. The molecule has 2 aromatic carbocycles. The van der Waals surface area contributed by atoms with E-state index in [9.17, 15) is 25.2 Å². The molecule has 3 rings (SSSR count). The van der Waals surface area contributed by atoms with Crippen molar-refractivity contribution in [2.45, 2.75) is 72.3 Å². The van der Waals surface area contributed by atoms with Crippen LogP contribution in [0.4, 0.5) is 0 Å². The Bertz CT molecular complexity index is 1240. The topological polar surface area (TPSA) is 107 Å². The Hall–Kier alpha value is -3.67. The molecule has 192 valence electrons. The Morgan fingerprint density at radius 2 is 1.67 bits per heavy atom. The highest BCUT2D eigenvalue weighted by atomic mass is 16.5. The van der Waals surface area contributed by atoms with Gasteiger partial charge < -0.3 is 25.2 Å². The summed E-state index contributed by atoms with van der Waals surface area (Å²) >= 11 is 0. The second-order valence-corrected chi connectivity index (χ2v) is 10.2. The van der Waals surface area contributed by atoms with E-state index in [0.29, 0.717) is 5.75 Å². The first-order valence-electron chi connectivity index (χ1n) is 12.2. The number of aryl methyl sites for hydroxylation is 1. The highest BCUT2D eigenvalue weighted by Gasteiger charge is 2.25. The Morgan fingerprint density at radius 3 is 2.36 bits per heavy atom. The minimum atomic E-state index is -0.521. The average molecular weight is 493 g/mol. The fourth-order valence-corrected chi connectivity index (χ4v) is 4.17. The van der Waals surface area contributed by atoms with Crippen LogP contribution in [-0.4, -0.2) is 31.8 Å². The van der Waals surface area contributed by atoms with Crippen LogP contribution in [0.2, 0.25) is 0 Å². The normalized spacial score (nSPS) is 14.2. The van der Waals surface area contributed by atoms with Crippen molar-refractivity contribution in [2.75, 3.05) is 0 Å². The number of phenolic OH excluding ortho intramolecular Hbond substituents is 4. The van der Waals surface area contributed by atoms with Crippen molar-refractivity contribution in [3.8, 4) is 28.7 Å². The van der Waals surface area contributed by atoms with Crippen molar-refractivity contribution >= 4 is 11.9 Å². The molecule has 6 nitrogen and oxygen atoms in total. The van der Waals surface area contributed by atoms with E-state index in [0.717, 1.165) is 35.6 Å². The number of benzene rings is 2.